The smallest absolute Gasteiger partial charge is 0.211 e. The average molecular weight is 355 g/mol. The number of hydrogen-bond donors (Lipinski definition) is 1. The molecule has 0 saturated heterocycles. The minimum Gasteiger partial charge on any atom is -0.489 e. The Bertz CT molecular complexity index is 812. The molecule has 0 amide bonds. The predicted molar refractivity (Wildman–Crippen MR) is 101 cm³/mol. The van der Waals surface area contributed by atoms with Crippen LogP contribution in [0.4, 0.5) is 10.9 Å². The molecule has 3 heterocycles. The van der Waals surface area contributed by atoms with Crippen LogP contribution in [-0.4, -0.2) is 26.3 Å². The first-order valence-electron chi connectivity index (χ1n) is 8.21. The minimum absolute atomic E-state index is 0.125. The highest BCUT2D eigenvalue weighted by atomic mass is 32.1. The summed E-state index contributed by atoms with van der Waals surface area (Å²) >= 11 is 1.43. The molecule has 130 valence electrons. The Morgan fingerprint density at radius 2 is 1.80 bits per heavy atom. The van der Waals surface area contributed by atoms with Crippen molar-refractivity contribution in [1.82, 2.24) is 20.2 Å². The molecule has 0 aromatic carbocycles. The Morgan fingerprint density at radius 3 is 2.40 bits per heavy atom. The molecule has 6 nitrogen and oxygen atoms in total. The van der Waals surface area contributed by atoms with Gasteiger partial charge in [0.25, 0.3) is 0 Å². The highest BCUT2D eigenvalue weighted by Crippen LogP contribution is 2.27. The summed E-state index contributed by atoms with van der Waals surface area (Å²) in [6.07, 6.45) is 3.71. The maximum Gasteiger partial charge on any atom is 0.211 e. The summed E-state index contributed by atoms with van der Waals surface area (Å²) in [6, 6.07) is 7.80. The van der Waals surface area contributed by atoms with E-state index in [2.05, 4.69) is 45.4 Å². The van der Waals surface area contributed by atoms with Crippen LogP contribution in [0.3, 0.4) is 0 Å². The molecule has 0 aliphatic heterocycles. The zero-order valence-electron chi connectivity index (χ0n) is 14.7. The fourth-order valence-corrected chi connectivity index (χ4v) is 2.88. The zero-order valence-corrected chi connectivity index (χ0v) is 15.5. The topological polar surface area (TPSA) is 72.8 Å². The summed E-state index contributed by atoms with van der Waals surface area (Å²) < 4.78 is 5.60. The maximum absolute atomic E-state index is 5.60. The molecule has 0 aliphatic carbocycles. The highest BCUT2D eigenvalue weighted by molar-refractivity contribution is 7.18. The number of ether oxygens (including phenoxy) is 1. The lowest BCUT2D eigenvalue weighted by Crippen LogP contribution is -2.05. The van der Waals surface area contributed by atoms with Crippen LogP contribution < -0.4 is 10.1 Å². The van der Waals surface area contributed by atoms with E-state index < -0.39 is 0 Å². The molecule has 0 bridgehead atoms. The van der Waals surface area contributed by atoms with Crippen LogP contribution >= 0.6 is 11.3 Å². The van der Waals surface area contributed by atoms with E-state index in [1.54, 1.807) is 6.20 Å². The van der Waals surface area contributed by atoms with Crippen LogP contribution in [0.25, 0.3) is 10.7 Å². The number of hydrogen-bond acceptors (Lipinski definition) is 7. The first kappa shape index (κ1) is 17.3. The average Bonchev–Trinajstić information content (AvgIpc) is 3.04. The summed E-state index contributed by atoms with van der Waals surface area (Å²) in [5, 5.41) is 13.0. The molecule has 3 aromatic rings. The van der Waals surface area contributed by atoms with E-state index in [1.165, 1.54) is 16.9 Å². The van der Waals surface area contributed by atoms with Crippen molar-refractivity contribution in [2.75, 3.05) is 5.32 Å². The van der Waals surface area contributed by atoms with Crippen molar-refractivity contribution in [2.45, 2.75) is 39.7 Å². The number of pyridine rings is 2. The lowest BCUT2D eigenvalue weighted by molar-refractivity contribution is 0.241. The van der Waals surface area contributed by atoms with E-state index in [0.29, 0.717) is 11.0 Å². The fourth-order valence-electron chi connectivity index (χ4n) is 2.16. The van der Waals surface area contributed by atoms with E-state index in [0.717, 1.165) is 22.3 Å². The first-order valence-corrected chi connectivity index (χ1v) is 9.02. The largest absolute Gasteiger partial charge is 0.489 e. The van der Waals surface area contributed by atoms with Crippen LogP contribution in [0, 0.1) is 0 Å². The van der Waals surface area contributed by atoms with Gasteiger partial charge in [-0.1, -0.05) is 31.3 Å². The highest BCUT2D eigenvalue weighted by Gasteiger charge is 2.09. The zero-order chi connectivity index (χ0) is 17.8. The summed E-state index contributed by atoms with van der Waals surface area (Å²) in [6.45, 7) is 8.26. The van der Waals surface area contributed by atoms with Crippen LogP contribution in [0.1, 0.15) is 39.2 Å². The summed E-state index contributed by atoms with van der Waals surface area (Å²) in [7, 11) is 0. The predicted octanol–water partition coefficient (Wildman–Crippen LogP) is 4.65. The minimum atomic E-state index is 0.125. The van der Waals surface area contributed by atoms with Crippen LogP contribution in [0.2, 0.25) is 0 Å². The molecule has 7 heteroatoms. The van der Waals surface area contributed by atoms with Gasteiger partial charge in [0.1, 0.15) is 17.3 Å². The Hall–Kier alpha value is -2.54. The van der Waals surface area contributed by atoms with Gasteiger partial charge in [-0.3, -0.25) is 0 Å². The third-order valence-corrected chi connectivity index (χ3v) is 4.30. The second-order valence-corrected chi connectivity index (χ2v) is 7.19. The number of rotatable bonds is 6. The quantitative estimate of drug-likeness (QED) is 0.694. The molecule has 1 N–H and O–H groups in total. The van der Waals surface area contributed by atoms with Gasteiger partial charge in [0.05, 0.1) is 12.3 Å². The van der Waals surface area contributed by atoms with Gasteiger partial charge in [-0.2, -0.15) is 0 Å². The van der Waals surface area contributed by atoms with E-state index in [-0.39, 0.29) is 6.10 Å². The van der Waals surface area contributed by atoms with Crippen LogP contribution in [0.15, 0.2) is 36.7 Å². The summed E-state index contributed by atoms with van der Waals surface area (Å²) in [4.78, 5) is 8.80. The van der Waals surface area contributed by atoms with Crippen molar-refractivity contribution in [2.24, 2.45) is 0 Å². The molecule has 0 fully saturated rings. The van der Waals surface area contributed by atoms with Gasteiger partial charge in [0.2, 0.25) is 5.13 Å². The van der Waals surface area contributed by atoms with Crippen molar-refractivity contribution in [1.29, 1.82) is 0 Å². The van der Waals surface area contributed by atoms with Crippen molar-refractivity contribution in [3.8, 4) is 16.5 Å². The Morgan fingerprint density at radius 1 is 0.960 bits per heavy atom. The molecular formula is C18H21N5OS. The van der Waals surface area contributed by atoms with Gasteiger partial charge < -0.3 is 10.1 Å². The molecule has 0 radical (unpaired) electrons. The van der Waals surface area contributed by atoms with Gasteiger partial charge in [0.15, 0.2) is 5.01 Å². The van der Waals surface area contributed by atoms with Gasteiger partial charge in [-0.25, -0.2) is 9.97 Å². The number of aromatic nitrogens is 4. The molecule has 0 aliphatic rings. The normalized spacial score (nSPS) is 11.1. The van der Waals surface area contributed by atoms with E-state index >= 15 is 0 Å². The van der Waals surface area contributed by atoms with Crippen molar-refractivity contribution >= 4 is 22.3 Å². The molecular weight excluding hydrogens is 334 g/mol. The molecule has 0 spiro atoms. The Labute approximate surface area is 151 Å². The van der Waals surface area contributed by atoms with E-state index in [4.69, 9.17) is 4.74 Å². The molecule has 0 saturated carbocycles. The Balaban J connectivity index is 1.69. The number of anilines is 2. The van der Waals surface area contributed by atoms with Gasteiger partial charge in [-0.05, 0) is 43.5 Å². The fraction of sp³-hybridized carbons (Fsp3) is 0.333. The molecule has 25 heavy (non-hydrogen) atoms. The van der Waals surface area contributed by atoms with Crippen LogP contribution in [0.5, 0.6) is 5.75 Å². The van der Waals surface area contributed by atoms with Crippen molar-refractivity contribution < 1.29 is 4.74 Å². The summed E-state index contributed by atoms with van der Waals surface area (Å²) in [5.74, 6) is 1.96. The van der Waals surface area contributed by atoms with Crippen LogP contribution in [-0.2, 0) is 0 Å². The monoisotopic (exact) mass is 355 g/mol. The van der Waals surface area contributed by atoms with E-state index in [1.807, 2.05) is 38.2 Å². The van der Waals surface area contributed by atoms with Gasteiger partial charge >= 0.3 is 0 Å². The van der Waals surface area contributed by atoms with Gasteiger partial charge in [0, 0.05) is 6.20 Å². The molecule has 0 unspecified atom stereocenters. The van der Waals surface area contributed by atoms with E-state index in [9.17, 15) is 0 Å². The second kappa shape index (κ2) is 7.57. The van der Waals surface area contributed by atoms with Crippen molar-refractivity contribution in [3.05, 3.63) is 42.2 Å². The lowest BCUT2D eigenvalue weighted by Gasteiger charge is -2.08. The molecule has 3 rings (SSSR count). The maximum atomic E-state index is 5.60. The number of nitrogens with zero attached hydrogens (tertiary/aromatic N) is 4. The summed E-state index contributed by atoms with van der Waals surface area (Å²) in [5.41, 5.74) is 1.97. The Kier molecular flexibility index (Phi) is 5.23. The van der Waals surface area contributed by atoms with Gasteiger partial charge in [-0.15, -0.1) is 10.2 Å². The third kappa shape index (κ3) is 4.51. The lowest BCUT2D eigenvalue weighted by atomic mass is 10.1. The molecule has 3 aromatic heterocycles. The third-order valence-electron chi connectivity index (χ3n) is 3.44. The first-order chi connectivity index (χ1) is 12.0. The molecule has 0 atom stereocenters. The second-order valence-electron chi connectivity index (χ2n) is 6.21. The number of nitrogens with one attached hydrogen (secondary N) is 1. The van der Waals surface area contributed by atoms with Crippen molar-refractivity contribution in [3.63, 3.8) is 0 Å². The SMILES string of the molecule is CC(C)Oc1ccc(-c2nnc(Nc3ccc(C(C)C)cn3)s2)nc1. The standard InChI is InChI=1S/C18H21N5OS/c1-11(2)13-5-8-16(20-9-13)21-18-23-22-17(25-18)15-7-6-14(10-19-15)24-12(3)4/h5-12H,1-4H3,(H,20,21,23).